The number of nitrogens with one attached hydrogen (secondary N) is 2. The van der Waals surface area contributed by atoms with Crippen molar-refractivity contribution >= 4 is 35.5 Å². The van der Waals surface area contributed by atoms with Crippen LogP contribution in [0.3, 0.4) is 0 Å². The average Bonchev–Trinajstić information content (AvgIpc) is 2.67. The standard InChI is InChI=1S/C16H20N4O5.C2HF3O2/c17-9-10-1-3-11(4-2-10)19-16(25)20-12(8-14(20)22)7-13(21)18-6-5-15(23)24;3-2(4,5)1(6)7/h1-4,12H,5-9,17H2,(H,18,21)(H,19,25)(H,23,24);(H,6,7). The van der Waals surface area contributed by atoms with Crippen LogP contribution in [0.25, 0.3) is 0 Å². The van der Waals surface area contributed by atoms with Gasteiger partial charge >= 0.3 is 24.1 Å². The molecule has 1 saturated heterocycles. The maximum Gasteiger partial charge on any atom is 0.490 e. The molecule has 1 aromatic rings. The Kier molecular flexibility index (Phi) is 9.59. The van der Waals surface area contributed by atoms with Gasteiger partial charge in [0.05, 0.1) is 12.5 Å². The summed E-state index contributed by atoms with van der Waals surface area (Å²) in [6, 6.07) is 5.76. The fourth-order valence-corrected chi connectivity index (χ4v) is 2.43. The van der Waals surface area contributed by atoms with Gasteiger partial charge in [0.1, 0.15) is 0 Å². The van der Waals surface area contributed by atoms with E-state index in [0.717, 1.165) is 10.5 Å². The number of rotatable bonds is 7. The van der Waals surface area contributed by atoms with Crippen LogP contribution in [0.1, 0.15) is 24.8 Å². The highest BCUT2D eigenvalue weighted by Gasteiger charge is 2.42. The van der Waals surface area contributed by atoms with Crippen LogP contribution in [0.4, 0.5) is 23.7 Å². The summed E-state index contributed by atoms with van der Waals surface area (Å²) in [7, 11) is 0. The molecule has 1 aliphatic heterocycles. The maximum atomic E-state index is 12.2. The third-order valence-electron chi connectivity index (χ3n) is 4.03. The molecule has 6 N–H and O–H groups in total. The number of nitrogens with zero attached hydrogens (tertiary/aromatic N) is 1. The van der Waals surface area contributed by atoms with Gasteiger partial charge in [-0.15, -0.1) is 0 Å². The second-order valence-corrected chi connectivity index (χ2v) is 6.45. The smallest absolute Gasteiger partial charge is 0.481 e. The van der Waals surface area contributed by atoms with Crippen LogP contribution in [-0.4, -0.2) is 63.7 Å². The fourth-order valence-electron chi connectivity index (χ4n) is 2.43. The third-order valence-corrected chi connectivity index (χ3v) is 4.03. The van der Waals surface area contributed by atoms with Gasteiger partial charge in [-0.05, 0) is 17.7 Å². The van der Waals surface area contributed by atoms with Gasteiger partial charge in [-0.3, -0.25) is 19.3 Å². The molecule has 1 aromatic carbocycles. The van der Waals surface area contributed by atoms with Crippen LogP contribution in [-0.2, 0) is 25.7 Å². The number of likely N-dealkylation sites (tertiary alicyclic amines) is 1. The number of carbonyl (C=O) groups excluding carboxylic acids is 3. The second kappa shape index (κ2) is 11.6. The summed E-state index contributed by atoms with van der Waals surface area (Å²) in [5.41, 5.74) is 6.93. The molecule has 0 spiro atoms. The highest BCUT2D eigenvalue weighted by Crippen LogP contribution is 2.23. The number of carboxylic acid groups (broad SMARTS) is 2. The molecular formula is C18H21F3N4O7. The van der Waals surface area contributed by atoms with Gasteiger partial charge in [0.25, 0.3) is 0 Å². The summed E-state index contributed by atoms with van der Waals surface area (Å²) in [5.74, 6) is -4.53. The van der Waals surface area contributed by atoms with E-state index in [4.69, 9.17) is 20.7 Å². The molecule has 0 saturated carbocycles. The predicted octanol–water partition coefficient (Wildman–Crippen LogP) is 0.892. The van der Waals surface area contributed by atoms with Gasteiger partial charge in [0, 0.05) is 31.6 Å². The topological polar surface area (TPSA) is 179 Å². The number of anilines is 1. The number of amides is 4. The molecule has 11 nitrogen and oxygen atoms in total. The van der Waals surface area contributed by atoms with E-state index in [1.165, 1.54) is 0 Å². The Bertz CT molecular complexity index is 859. The van der Waals surface area contributed by atoms with E-state index in [1.807, 2.05) is 0 Å². The Hall–Kier alpha value is -3.68. The molecular weight excluding hydrogens is 441 g/mol. The lowest BCUT2D eigenvalue weighted by molar-refractivity contribution is -0.192. The summed E-state index contributed by atoms with van der Waals surface area (Å²) < 4.78 is 31.7. The summed E-state index contributed by atoms with van der Waals surface area (Å²) in [4.78, 5) is 56.0. The minimum absolute atomic E-state index is 0.00845. The van der Waals surface area contributed by atoms with E-state index in [-0.39, 0.29) is 31.7 Å². The lowest BCUT2D eigenvalue weighted by Crippen LogP contribution is -2.58. The zero-order chi connectivity index (χ0) is 24.5. The predicted molar refractivity (Wildman–Crippen MR) is 102 cm³/mol. The monoisotopic (exact) mass is 462 g/mol. The number of hydrogen-bond acceptors (Lipinski definition) is 6. The minimum atomic E-state index is -5.08. The van der Waals surface area contributed by atoms with Crippen molar-refractivity contribution in [2.75, 3.05) is 11.9 Å². The summed E-state index contributed by atoms with van der Waals surface area (Å²) >= 11 is 0. The van der Waals surface area contributed by atoms with Crippen molar-refractivity contribution < 1.29 is 47.4 Å². The quantitative estimate of drug-likeness (QED) is 0.371. The number of hydrogen-bond donors (Lipinski definition) is 5. The number of halogens is 3. The van der Waals surface area contributed by atoms with Crippen molar-refractivity contribution in [3.05, 3.63) is 29.8 Å². The number of carbonyl (C=O) groups is 5. The minimum Gasteiger partial charge on any atom is -0.481 e. The normalized spacial score (nSPS) is 15.1. The van der Waals surface area contributed by atoms with Crippen LogP contribution >= 0.6 is 0 Å². The molecule has 1 heterocycles. The highest BCUT2D eigenvalue weighted by molar-refractivity contribution is 6.05. The average molecular weight is 462 g/mol. The van der Waals surface area contributed by atoms with Gasteiger partial charge in [-0.2, -0.15) is 13.2 Å². The largest absolute Gasteiger partial charge is 0.490 e. The van der Waals surface area contributed by atoms with Crippen LogP contribution in [0, 0.1) is 0 Å². The molecule has 176 valence electrons. The van der Waals surface area contributed by atoms with Crippen molar-refractivity contribution in [2.24, 2.45) is 5.73 Å². The van der Waals surface area contributed by atoms with Crippen LogP contribution in [0.15, 0.2) is 24.3 Å². The summed E-state index contributed by atoms with van der Waals surface area (Å²) in [6.07, 6.45) is -5.21. The van der Waals surface area contributed by atoms with E-state index in [0.29, 0.717) is 12.2 Å². The van der Waals surface area contributed by atoms with Gasteiger partial charge in [0.2, 0.25) is 11.8 Å². The summed E-state index contributed by atoms with van der Waals surface area (Å²) in [6.45, 7) is 0.395. The number of nitrogens with two attached hydrogens (primary N) is 1. The second-order valence-electron chi connectivity index (χ2n) is 6.45. The number of β-lactam (4-membered cyclic amide) rings is 1. The lowest BCUT2D eigenvalue weighted by atomic mass is 9.98. The van der Waals surface area contributed by atoms with Crippen LogP contribution in [0.5, 0.6) is 0 Å². The number of benzene rings is 1. The molecule has 14 heteroatoms. The molecule has 0 aromatic heterocycles. The molecule has 1 atom stereocenters. The number of imide groups is 1. The number of aliphatic carboxylic acids is 2. The van der Waals surface area contributed by atoms with Crippen molar-refractivity contribution in [2.45, 2.75) is 38.0 Å². The highest BCUT2D eigenvalue weighted by atomic mass is 19.4. The molecule has 0 bridgehead atoms. The molecule has 4 amide bonds. The van der Waals surface area contributed by atoms with Crippen molar-refractivity contribution in [1.82, 2.24) is 10.2 Å². The van der Waals surface area contributed by atoms with Crippen molar-refractivity contribution in [3.63, 3.8) is 0 Å². The fraction of sp³-hybridized carbons (Fsp3) is 0.389. The number of carboxylic acids is 2. The van der Waals surface area contributed by atoms with Crippen LogP contribution < -0.4 is 16.4 Å². The van der Waals surface area contributed by atoms with Gasteiger partial charge in [-0.1, -0.05) is 12.1 Å². The maximum absolute atomic E-state index is 12.2. The van der Waals surface area contributed by atoms with E-state index in [2.05, 4.69) is 10.6 Å². The Morgan fingerprint density at radius 1 is 1.12 bits per heavy atom. The first kappa shape index (κ1) is 26.4. The Labute approximate surface area is 179 Å². The first-order valence-corrected chi connectivity index (χ1v) is 9.05. The first-order chi connectivity index (χ1) is 14.8. The SMILES string of the molecule is NCc1ccc(NC(=O)N2C(=O)CC2CC(=O)NCCC(=O)O)cc1.O=C(O)C(F)(F)F. The molecule has 0 aliphatic carbocycles. The Morgan fingerprint density at radius 2 is 1.69 bits per heavy atom. The number of alkyl halides is 3. The zero-order valence-electron chi connectivity index (χ0n) is 16.5. The molecule has 2 rings (SSSR count). The molecule has 32 heavy (non-hydrogen) atoms. The first-order valence-electron chi connectivity index (χ1n) is 9.05. The molecule has 1 aliphatic rings. The third kappa shape index (κ3) is 8.59. The van der Waals surface area contributed by atoms with Crippen molar-refractivity contribution in [3.8, 4) is 0 Å². The van der Waals surface area contributed by atoms with Crippen molar-refractivity contribution in [1.29, 1.82) is 0 Å². The Balaban J connectivity index is 0.000000633. The van der Waals surface area contributed by atoms with E-state index < -0.39 is 36.1 Å². The summed E-state index contributed by atoms with van der Waals surface area (Å²) in [5, 5.41) is 20.7. The lowest BCUT2D eigenvalue weighted by Gasteiger charge is -2.38. The van der Waals surface area contributed by atoms with Gasteiger partial charge in [0.15, 0.2) is 0 Å². The van der Waals surface area contributed by atoms with Gasteiger partial charge < -0.3 is 26.6 Å². The number of urea groups is 1. The molecule has 1 unspecified atom stereocenters. The Morgan fingerprint density at radius 3 is 2.12 bits per heavy atom. The van der Waals surface area contributed by atoms with Crippen LogP contribution in [0.2, 0.25) is 0 Å². The van der Waals surface area contributed by atoms with Gasteiger partial charge in [-0.25, -0.2) is 9.59 Å². The molecule has 1 fully saturated rings. The zero-order valence-corrected chi connectivity index (χ0v) is 16.5. The molecule has 0 radical (unpaired) electrons. The van der Waals surface area contributed by atoms with E-state index in [1.54, 1.807) is 24.3 Å². The van der Waals surface area contributed by atoms with E-state index >= 15 is 0 Å². The van der Waals surface area contributed by atoms with E-state index in [9.17, 15) is 32.3 Å².